The van der Waals surface area contributed by atoms with Crippen molar-refractivity contribution in [1.82, 2.24) is 10.2 Å². The summed E-state index contributed by atoms with van der Waals surface area (Å²) >= 11 is 6.04. The Labute approximate surface area is 212 Å². The lowest BCUT2D eigenvalue weighted by Gasteiger charge is -2.23. The first-order valence-electron chi connectivity index (χ1n) is 11.9. The van der Waals surface area contributed by atoms with E-state index in [2.05, 4.69) is 47.8 Å². The molecule has 0 aliphatic heterocycles. The Morgan fingerprint density at radius 2 is 1.49 bits per heavy atom. The average molecular weight is 487 g/mol. The van der Waals surface area contributed by atoms with Crippen LogP contribution in [0.4, 0.5) is 0 Å². The third kappa shape index (κ3) is 7.08. The van der Waals surface area contributed by atoms with E-state index in [1.807, 2.05) is 53.4 Å². The molecule has 4 rings (SSSR count). The molecule has 0 spiro atoms. The zero-order chi connectivity index (χ0) is 24.5. The van der Waals surface area contributed by atoms with Gasteiger partial charge < -0.3 is 15.0 Å². The van der Waals surface area contributed by atoms with Crippen molar-refractivity contribution in [2.24, 2.45) is 0 Å². The monoisotopic (exact) mass is 486 g/mol. The van der Waals surface area contributed by atoms with Gasteiger partial charge >= 0.3 is 0 Å². The van der Waals surface area contributed by atoms with Crippen molar-refractivity contribution in [1.29, 1.82) is 0 Å². The molecular weight excluding hydrogens is 456 g/mol. The van der Waals surface area contributed by atoms with Crippen LogP contribution in [-0.2, 0) is 24.3 Å². The Bertz CT molecular complexity index is 1230. The summed E-state index contributed by atoms with van der Waals surface area (Å²) in [6.45, 7) is 2.56. The molecule has 1 amide bonds. The molecule has 0 saturated carbocycles. The van der Waals surface area contributed by atoms with Crippen LogP contribution in [0.1, 0.15) is 23.1 Å². The van der Waals surface area contributed by atoms with E-state index < -0.39 is 0 Å². The second kappa shape index (κ2) is 12.4. The van der Waals surface area contributed by atoms with Gasteiger partial charge in [-0.2, -0.15) is 0 Å². The number of nitrogens with zero attached hydrogens (tertiary/aromatic N) is 1. The van der Waals surface area contributed by atoms with Crippen LogP contribution in [0.3, 0.4) is 0 Å². The van der Waals surface area contributed by atoms with Crippen LogP contribution in [-0.4, -0.2) is 31.0 Å². The number of hydrogen-bond donors (Lipinski definition) is 1. The molecule has 1 N–H and O–H groups in total. The van der Waals surface area contributed by atoms with E-state index in [0.29, 0.717) is 31.1 Å². The van der Waals surface area contributed by atoms with Gasteiger partial charge in [-0.3, -0.25) is 4.79 Å². The van der Waals surface area contributed by atoms with Crippen LogP contribution >= 0.6 is 11.6 Å². The highest BCUT2D eigenvalue weighted by Gasteiger charge is 2.15. The Kier molecular flexibility index (Phi) is 8.77. The maximum atomic E-state index is 13.2. The van der Waals surface area contributed by atoms with Gasteiger partial charge in [0.15, 0.2) is 0 Å². The lowest BCUT2D eigenvalue weighted by atomic mass is 10.0. The van der Waals surface area contributed by atoms with Gasteiger partial charge in [-0.25, -0.2) is 0 Å². The van der Waals surface area contributed by atoms with Gasteiger partial charge in [0.1, 0.15) is 5.75 Å². The second-order valence-electron chi connectivity index (χ2n) is 8.61. The number of benzene rings is 4. The Balaban J connectivity index is 1.33. The van der Waals surface area contributed by atoms with Crippen LogP contribution in [0.15, 0.2) is 91.0 Å². The second-order valence-corrected chi connectivity index (χ2v) is 9.05. The van der Waals surface area contributed by atoms with Gasteiger partial charge in [0.05, 0.1) is 7.11 Å². The Morgan fingerprint density at radius 3 is 2.20 bits per heavy atom. The number of fused-ring (bicyclic) bond motifs is 1. The number of nitrogens with one attached hydrogen (secondary N) is 1. The molecule has 180 valence electrons. The molecule has 0 aliphatic carbocycles. The van der Waals surface area contributed by atoms with Crippen LogP contribution in [0.5, 0.6) is 5.75 Å². The number of carbonyl (C=O) groups excluding carboxylic acids is 1. The summed E-state index contributed by atoms with van der Waals surface area (Å²) in [6.07, 6.45) is 1.37. The van der Waals surface area contributed by atoms with Crippen LogP contribution < -0.4 is 10.1 Å². The third-order valence-corrected chi connectivity index (χ3v) is 6.39. The van der Waals surface area contributed by atoms with Crippen molar-refractivity contribution < 1.29 is 9.53 Å². The highest BCUT2D eigenvalue weighted by Crippen LogP contribution is 2.19. The van der Waals surface area contributed by atoms with Gasteiger partial charge in [0.2, 0.25) is 5.91 Å². The summed E-state index contributed by atoms with van der Waals surface area (Å²) in [5.74, 6) is 0.924. The summed E-state index contributed by atoms with van der Waals surface area (Å²) in [5.41, 5.74) is 3.45. The summed E-state index contributed by atoms with van der Waals surface area (Å²) in [4.78, 5) is 15.1. The molecule has 0 heterocycles. The van der Waals surface area contributed by atoms with Crippen LogP contribution in [0.25, 0.3) is 10.8 Å². The maximum absolute atomic E-state index is 13.2. The van der Waals surface area contributed by atoms with Crippen molar-refractivity contribution in [3.63, 3.8) is 0 Å². The molecule has 0 aliphatic rings. The van der Waals surface area contributed by atoms with E-state index >= 15 is 0 Å². The van der Waals surface area contributed by atoms with Crippen molar-refractivity contribution in [2.45, 2.75) is 25.9 Å². The number of methoxy groups -OCH3 is 1. The SMILES string of the molecule is COc1ccc(CN(Cc2ccc(Cl)cc2)C(=O)CCNCCc2cccc3ccccc23)cc1. The molecule has 0 saturated heterocycles. The topological polar surface area (TPSA) is 41.6 Å². The summed E-state index contributed by atoms with van der Waals surface area (Å²) < 4.78 is 5.26. The van der Waals surface area contributed by atoms with Crippen LogP contribution in [0.2, 0.25) is 5.02 Å². The molecule has 0 fully saturated rings. The van der Waals surface area contributed by atoms with E-state index in [1.165, 1.54) is 16.3 Å². The molecule has 35 heavy (non-hydrogen) atoms. The Hall–Kier alpha value is -3.34. The fraction of sp³-hybridized carbons (Fsp3) is 0.233. The molecule has 0 atom stereocenters. The van der Waals surface area contributed by atoms with E-state index in [1.54, 1.807) is 7.11 Å². The van der Waals surface area contributed by atoms with Gasteiger partial charge in [-0.05, 0) is 64.7 Å². The normalized spacial score (nSPS) is 10.9. The number of ether oxygens (including phenoxy) is 1. The quantitative estimate of drug-likeness (QED) is 0.255. The summed E-state index contributed by atoms with van der Waals surface area (Å²) in [5, 5.41) is 6.70. The fourth-order valence-corrected chi connectivity index (χ4v) is 4.33. The first-order valence-corrected chi connectivity index (χ1v) is 12.3. The predicted molar refractivity (Wildman–Crippen MR) is 144 cm³/mol. The van der Waals surface area contributed by atoms with E-state index in [9.17, 15) is 4.79 Å². The van der Waals surface area contributed by atoms with Gasteiger partial charge in [0.25, 0.3) is 0 Å². The van der Waals surface area contributed by atoms with Crippen molar-refractivity contribution in [3.05, 3.63) is 113 Å². The minimum Gasteiger partial charge on any atom is -0.497 e. The first-order chi connectivity index (χ1) is 17.1. The van der Waals surface area contributed by atoms with Crippen LogP contribution in [0, 0.1) is 0 Å². The maximum Gasteiger partial charge on any atom is 0.224 e. The summed E-state index contributed by atoms with van der Waals surface area (Å²) in [6, 6.07) is 30.4. The molecule has 4 aromatic rings. The molecule has 0 radical (unpaired) electrons. The molecule has 5 heteroatoms. The van der Waals surface area contributed by atoms with Gasteiger partial charge in [-0.1, -0.05) is 78.3 Å². The van der Waals surface area contributed by atoms with Crippen molar-refractivity contribution in [2.75, 3.05) is 20.2 Å². The van der Waals surface area contributed by atoms with E-state index in [-0.39, 0.29) is 5.91 Å². The lowest BCUT2D eigenvalue weighted by molar-refractivity contribution is -0.132. The molecule has 4 nitrogen and oxygen atoms in total. The molecule has 4 aromatic carbocycles. The number of hydrogen-bond acceptors (Lipinski definition) is 3. The minimum atomic E-state index is 0.119. The lowest BCUT2D eigenvalue weighted by Crippen LogP contribution is -2.33. The molecular formula is C30H31ClN2O2. The summed E-state index contributed by atoms with van der Waals surface area (Å²) in [7, 11) is 1.65. The number of amides is 1. The largest absolute Gasteiger partial charge is 0.497 e. The molecule has 0 bridgehead atoms. The fourth-order valence-electron chi connectivity index (χ4n) is 4.21. The zero-order valence-corrected chi connectivity index (χ0v) is 20.8. The smallest absolute Gasteiger partial charge is 0.224 e. The standard InChI is InChI=1S/C30H31ClN2O2/c1-35-28-15-11-24(12-16-28)22-33(21-23-9-13-27(31)14-10-23)30(34)18-20-32-19-17-26-7-4-6-25-5-2-3-8-29(25)26/h2-16,32H,17-22H2,1H3. The Morgan fingerprint density at radius 1 is 0.829 bits per heavy atom. The number of rotatable bonds is 11. The highest BCUT2D eigenvalue weighted by molar-refractivity contribution is 6.30. The number of halogens is 1. The first kappa shape index (κ1) is 24.8. The predicted octanol–water partition coefficient (Wildman–Crippen LogP) is 6.25. The van der Waals surface area contributed by atoms with Crippen molar-refractivity contribution >= 4 is 28.3 Å². The minimum absolute atomic E-state index is 0.119. The number of carbonyl (C=O) groups is 1. The third-order valence-electron chi connectivity index (χ3n) is 6.14. The van der Waals surface area contributed by atoms with Gasteiger partial charge in [-0.15, -0.1) is 0 Å². The highest BCUT2D eigenvalue weighted by atomic mass is 35.5. The molecule has 0 aromatic heterocycles. The van der Waals surface area contributed by atoms with Gasteiger partial charge in [0, 0.05) is 31.1 Å². The van der Waals surface area contributed by atoms with E-state index in [4.69, 9.17) is 16.3 Å². The molecule has 0 unspecified atom stereocenters. The van der Waals surface area contributed by atoms with Crippen molar-refractivity contribution in [3.8, 4) is 5.75 Å². The zero-order valence-electron chi connectivity index (χ0n) is 20.0. The van der Waals surface area contributed by atoms with E-state index in [0.717, 1.165) is 29.8 Å². The average Bonchev–Trinajstić information content (AvgIpc) is 2.89.